The summed E-state index contributed by atoms with van der Waals surface area (Å²) in [6, 6.07) is 70.4. The lowest BCUT2D eigenvalue weighted by atomic mass is 9.34. The van der Waals surface area contributed by atoms with Gasteiger partial charge in [0.05, 0.1) is 0 Å². The van der Waals surface area contributed by atoms with Crippen LogP contribution in [0.1, 0.15) is 83.0 Å². The maximum Gasteiger partial charge on any atom is 0.242 e. The van der Waals surface area contributed by atoms with Gasteiger partial charge in [0.15, 0.2) is 0 Å². The van der Waals surface area contributed by atoms with Crippen LogP contribution in [0.15, 0.2) is 182 Å². The standard InChI is InChI=1S/C64H62BP/c1-43-31-45(3)61(46(4)32-43)65(62-47(5)33-44(2)34-48(62)6)57-18-14-17-54(37-57)53-16-13-15-52(36-53)51-23-25-55(26-24-51)63-38-49-35-50(39-63)41-64(40-49,42-63)56-27-29-60(30-28-56)66(58-19-9-7-10-20-58)59-21-11-8-12-22-59/h7-34,36-37,49-50H,35,38-42H2,1-6H3. The molecule has 4 aliphatic carbocycles. The predicted octanol–water partition coefficient (Wildman–Crippen LogP) is 12.9. The third kappa shape index (κ3) is 7.82. The van der Waals surface area contributed by atoms with E-state index in [0.717, 1.165) is 11.8 Å². The van der Waals surface area contributed by atoms with Crippen molar-refractivity contribution in [3.8, 4) is 22.3 Å². The third-order valence-corrected chi connectivity index (χ3v) is 18.6. The highest BCUT2D eigenvalue weighted by molar-refractivity contribution is 7.79. The minimum atomic E-state index is -0.605. The zero-order valence-corrected chi connectivity index (χ0v) is 40.6. The van der Waals surface area contributed by atoms with Crippen LogP contribution in [0.3, 0.4) is 0 Å². The van der Waals surface area contributed by atoms with Gasteiger partial charge in [0.25, 0.3) is 0 Å². The monoisotopic (exact) mass is 872 g/mol. The summed E-state index contributed by atoms with van der Waals surface area (Å²) >= 11 is 0. The quantitative estimate of drug-likeness (QED) is 0.0949. The van der Waals surface area contributed by atoms with Crippen molar-refractivity contribution in [3.63, 3.8) is 0 Å². The molecule has 0 aliphatic heterocycles. The fraction of sp³-hybridized carbons (Fsp3) is 0.250. The van der Waals surface area contributed by atoms with Gasteiger partial charge in [-0.15, -0.1) is 0 Å². The van der Waals surface area contributed by atoms with Gasteiger partial charge in [-0.3, -0.25) is 0 Å². The molecule has 8 aromatic rings. The van der Waals surface area contributed by atoms with E-state index >= 15 is 0 Å². The van der Waals surface area contributed by atoms with Gasteiger partial charge in [-0.2, -0.15) is 0 Å². The van der Waals surface area contributed by atoms with Crippen LogP contribution >= 0.6 is 7.92 Å². The molecule has 0 N–H and O–H groups in total. The highest BCUT2D eigenvalue weighted by Crippen LogP contribution is 2.66. The topological polar surface area (TPSA) is 0 Å². The van der Waals surface area contributed by atoms with E-state index in [-0.39, 0.29) is 17.5 Å². The van der Waals surface area contributed by atoms with Gasteiger partial charge < -0.3 is 0 Å². The number of aryl methyl sites for hydroxylation is 6. The molecule has 66 heavy (non-hydrogen) atoms. The van der Waals surface area contributed by atoms with Crippen LogP contribution in [-0.2, 0) is 10.8 Å². The third-order valence-electron chi connectivity index (χ3n) is 16.1. The average molecular weight is 873 g/mol. The molecule has 2 unspecified atom stereocenters. The minimum Gasteiger partial charge on any atom is -0.0680 e. The second-order valence-corrected chi connectivity index (χ2v) is 23.1. The average Bonchev–Trinajstić information content (AvgIpc) is 3.31. The smallest absolute Gasteiger partial charge is 0.0680 e. The zero-order valence-electron chi connectivity index (χ0n) is 39.7. The van der Waals surface area contributed by atoms with Crippen LogP contribution in [0.4, 0.5) is 0 Å². The Bertz CT molecular complexity index is 2900. The molecule has 4 saturated carbocycles. The summed E-state index contributed by atoms with van der Waals surface area (Å²) in [6.07, 6.45) is 8.05. The van der Waals surface area contributed by atoms with Crippen molar-refractivity contribution in [2.75, 3.05) is 0 Å². The molecular weight excluding hydrogens is 810 g/mol. The second-order valence-electron chi connectivity index (χ2n) is 20.9. The molecule has 0 spiro atoms. The molecular formula is C64H62BP. The zero-order chi connectivity index (χ0) is 45.2. The first-order valence-electron chi connectivity index (χ1n) is 24.5. The Kier molecular flexibility index (Phi) is 11.1. The molecule has 4 fully saturated rings. The van der Waals surface area contributed by atoms with E-state index in [1.807, 2.05) is 0 Å². The first-order valence-corrected chi connectivity index (χ1v) is 25.9. The van der Waals surface area contributed by atoms with Crippen LogP contribution in [-0.4, -0.2) is 6.71 Å². The van der Waals surface area contributed by atoms with E-state index in [0.29, 0.717) is 0 Å². The Labute approximate surface area is 396 Å². The molecule has 0 saturated heterocycles. The van der Waals surface area contributed by atoms with E-state index in [1.54, 1.807) is 11.1 Å². The van der Waals surface area contributed by atoms with Crippen molar-refractivity contribution in [1.29, 1.82) is 0 Å². The lowest BCUT2D eigenvalue weighted by molar-refractivity contribution is -0.0281. The van der Waals surface area contributed by atoms with Crippen molar-refractivity contribution in [2.24, 2.45) is 11.8 Å². The van der Waals surface area contributed by atoms with Crippen LogP contribution in [0.25, 0.3) is 22.3 Å². The minimum absolute atomic E-state index is 0.150. The normalized spacial score (nSPS) is 20.8. The van der Waals surface area contributed by atoms with Crippen LogP contribution in [0.2, 0.25) is 0 Å². The number of hydrogen-bond acceptors (Lipinski definition) is 0. The Hall–Kier alpha value is -5.75. The number of rotatable bonds is 10. The van der Waals surface area contributed by atoms with Crippen LogP contribution in [0, 0.1) is 53.4 Å². The summed E-state index contributed by atoms with van der Waals surface area (Å²) in [5, 5.41) is 4.28. The van der Waals surface area contributed by atoms with Gasteiger partial charge in [0.2, 0.25) is 6.71 Å². The molecule has 2 heteroatoms. The molecule has 0 aromatic heterocycles. The predicted molar refractivity (Wildman–Crippen MR) is 286 cm³/mol. The summed E-state index contributed by atoms with van der Waals surface area (Å²) in [5.74, 6) is 1.61. The van der Waals surface area contributed by atoms with E-state index in [2.05, 4.69) is 224 Å². The molecule has 8 aromatic carbocycles. The van der Waals surface area contributed by atoms with Crippen molar-refractivity contribution >= 4 is 46.9 Å². The first kappa shape index (κ1) is 42.9. The second kappa shape index (κ2) is 17.2. The van der Waals surface area contributed by atoms with Crippen molar-refractivity contribution < 1.29 is 0 Å². The Morgan fingerprint density at radius 2 is 0.803 bits per heavy atom. The fourth-order valence-corrected chi connectivity index (χ4v) is 16.3. The molecule has 0 amide bonds. The molecule has 4 aliphatic rings. The maximum absolute atomic E-state index is 2.54. The largest absolute Gasteiger partial charge is 0.242 e. The van der Waals surface area contributed by atoms with Crippen LogP contribution < -0.4 is 32.3 Å². The van der Waals surface area contributed by atoms with E-state index < -0.39 is 7.92 Å². The molecule has 2 atom stereocenters. The van der Waals surface area contributed by atoms with E-state index in [9.17, 15) is 0 Å². The van der Waals surface area contributed by atoms with Gasteiger partial charge in [0.1, 0.15) is 0 Å². The highest BCUT2D eigenvalue weighted by atomic mass is 31.1. The molecule has 0 nitrogen and oxygen atoms in total. The summed E-state index contributed by atoms with van der Waals surface area (Å²) < 4.78 is 0. The van der Waals surface area contributed by atoms with E-state index in [1.165, 1.54) is 126 Å². The molecule has 326 valence electrons. The van der Waals surface area contributed by atoms with Gasteiger partial charge in [-0.25, -0.2) is 0 Å². The molecule has 0 heterocycles. The van der Waals surface area contributed by atoms with Crippen molar-refractivity contribution in [2.45, 2.75) is 90.9 Å². The van der Waals surface area contributed by atoms with Crippen molar-refractivity contribution in [3.05, 3.63) is 226 Å². The SMILES string of the molecule is Cc1cc(C)c(B(c2cccc(-c3cccc(-c4ccc(C56CC7CC(C5)CC(c5ccc(P(c8ccccc8)c8ccccc8)cc5)(C7)C6)cc4)c3)c2)c2c(C)cc(C)cc2C)c(C)c1. The summed E-state index contributed by atoms with van der Waals surface area (Å²) in [6.45, 7) is 13.8. The van der Waals surface area contributed by atoms with Gasteiger partial charge in [0, 0.05) is 0 Å². The fourth-order valence-electron chi connectivity index (χ4n) is 14.1. The first-order chi connectivity index (χ1) is 32.0. The number of benzene rings is 8. The molecule has 12 rings (SSSR count). The Balaban J connectivity index is 0.883. The van der Waals surface area contributed by atoms with Gasteiger partial charge >= 0.3 is 0 Å². The number of hydrogen-bond donors (Lipinski definition) is 0. The lowest BCUT2D eigenvalue weighted by Gasteiger charge is -2.63. The maximum atomic E-state index is 2.54. The Morgan fingerprint density at radius 1 is 0.394 bits per heavy atom. The van der Waals surface area contributed by atoms with Crippen LogP contribution in [0.5, 0.6) is 0 Å². The highest BCUT2D eigenvalue weighted by Gasteiger charge is 2.58. The van der Waals surface area contributed by atoms with Gasteiger partial charge in [-0.1, -0.05) is 226 Å². The van der Waals surface area contributed by atoms with Gasteiger partial charge in [-0.05, 0) is 166 Å². The summed E-state index contributed by atoms with van der Waals surface area (Å²) in [5.41, 5.74) is 21.1. The molecule has 0 radical (unpaired) electrons. The Morgan fingerprint density at radius 3 is 1.29 bits per heavy atom. The molecule has 4 bridgehead atoms. The van der Waals surface area contributed by atoms with Crippen molar-refractivity contribution in [1.82, 2.24) is 0 Å². The van der Waals surface area contributed by atoms with E-state index in [4.69, 9.17) is 0 Å². The lowest BCUT2D eigenvalue weighted by Crippen LogP contribution is -2.55. The summed E-state index contributed by atoms with van der Waals surface area (Å²) in [7, 11) is -0.605. The summed E-state index contributed by atoms with van der Waals surface area (Å²) in [4.78, 5) is 0.